The van der Waals surface area contributed by atoms with Gasteiger partial charge in [-0.15, -0.1) is 0 Å². The van der Waals surface area contributed by atoms with Crippen LogP contribution in [0.3, 0.4) is 0 Å². The van der Waals surface area contributed by atoms with Gasteiger partial charge in [0.1, 0.15) is 11.5 Å². The molecule has 0 aromatic heterocycles. The van der Waals surface area contributed by atoms with Gasteiger partial charge in [0.15, 0.2) is 0 Å². The summed E-state index contributed by atoms with van der Waals surface area (Å²) in [6.45, 7) is 6.44. The van der Waals surface area contributed by atoms with Crippen LogP contribution in [0.15, 0.2) is 48.5 Å². The Hall–Kier alpha value is -2.74. The summed E-state index contributed by atoms with van der Waals surface area (Å²) in [6, 6.07) is 13.6. The molecular formula is C21H28N2O5S. The molecule has 0 saturated heterocycles. The molecule has 2 aromatic carbocycles. The Morgan fingerprint density at radius 2 is 1.79 bits per heavy atom. The minimum atomic E-state index is -3.60. The highest BCUT2D eigenvalue weighted by molar-refractivity contribution is 7.87. The normalized spacial score (nSPS) is 11.2. The monoisotopic (exact) mass is 420 g/mol. The van der Waals surface area contributed by atoms with E-state index >= 15 is 0 Å². The minimum Gasteiger partial charge on any atom is -0.497 e. The van der Waals surface area contributed by atoms with E-state index < -0.39 is 10.1 Å². The van der Waals surface area contributed by atoms with Crippen LogP contribution >= 0.6 is 0 Å². The minimum absolute atomic E-state index is 0.110. The highest BCUT2D eigenvalue weighted by atomic mass is 32.2. The van der Waals surface area contributed by atoms with Crippen LogP contribution < -0.4 is 14.2 Å². The van der Waals surface area contributed by atoms with Gasteiger partial charge < -0.3 is 19.1 Å². The van der Waals surface area contributed by atoms with E-state index in [-0.39, 0.29) is 23.5 Å². The van der Waals surface area contributed by atoms with Crippen molar-refractivity contribution in [2.45, 2.75) is 27.3 Å². The first-order valence-corrected chi connectivity index (χ1v) is 11.0. The van der Waals surface area contributed by atoms with E-state index in [2.05, 4.69) is 5.32 Å². The van der Waals surface area contributed by atoms with Gasteiger partial charge in [-0.1, -0.05) is 26.0 Å². The summed E-state index contributed by atoms with van der Waals surface area (Å²) >= 11 is 0. The molecule has 2 rings (SSSR count). The summed E-state index contributed by atoms with van der Waals surface area (Å²) in [4.78, 5) is 14.5. The lowest BCUT2D eigenvalue weighted by molar-refractivity contribution is 0.201. The van der Waals surface area contributed by atoms with E-state index in [0.29, 0.717) is 24.5 Å². The Morgan fingerprint density at radius 3 is 2.38 bits per heavy atom. The van der Waals surface area contributed by atoms with Crippen molar-refractivity contribution in [2.24, 2.45) is 5.92 Å². The molecule has 158 valence electrons. The third-order valence-electron chi connectivity index (χ3n) is 4.06. The van der Waals surface area contributed by atoms with Crippen molar-refractivity contribution in [3.8, 4) is 11.5 Å². The average Bonchev–Trinajstić information content (AvgIpc) is 2.67. The fourth-order valence-corrected chi connectivity index (χ4v) is 3.17. The maximum atomic E-state index is 12.8. The van der Waals surface area contributed by atoms with E-state index in [9.17, 15) is 13.2 Å². The fourth-order valence-electron chi connectivity index (χ4n) is 2.66. The topological polar surface area (TPSA) is 84.9 Å². The van der Waals surface area contributed by atoms with Gasteiger partial charge in [0.05, 0.1) is 12.9 Å². The number of carbonyl (C=O) groups is 1. The highest BCUT2D eigenvalue weighted by Gasteiger charge is 2.17. The second-order valence-electron chi connectivity index (χ2n) is 7.01. The fraction of sp³-hybridized carbons (Fsp3) is 0.381. The van der Waals surface area contributed by atoms with Crippen molar-refractivity contribution in [3.05, 3.63) is 54.1 Å². The number of urea groups is 1. The average molecular weight is 421 g/mol. The zero-order valence-corrected chi connectivity index (χ0v) is 18.0. The largest absolute Gasteiger partial charge is 0.497 e. The molecule has 7 nitrogen and oxygen atoms in total. The Labute approximate surface area is 172 Å². The van der Waals surface area contributed by atoms with Gasteiger partial charge in [-0.3, -0.25) is 0 Å². The second kappa shape index (κ2) is 10.2. The van der Waals surface area contributed by atoms with Crippen LogP contribution in [0.4, 0.5) is 10.5 Å². The zero-order valence-electron chi connectivity index (χ0n) is 17.2. The molecule has 8 heteroatoms. The van der Waals surface area contributed by atoms with E-state index in [1.54, 1.807) is 54.5 Å². The molecule has 2 amide bonds. The number of hydrogen-bond donors (Lipinski definition) is 1. The molecule has 0 aliphatic carbocycles. The zero-order chi connectivity index (χ0) is 21.4. The van der Waals surface area contributed by atoms with Crippen LogP contribution in [0.2, 0.25) is 0 Å². The number of rotatable bonds is 9. The van der Waals surface area contributed by atoms with Crippen LogP contribution in [0.1, 0.15) is 26.3 Å². The van der Waals surface area contributed by atoms with Gasteiger partial charge in [-0.2, -0.15) is 8.42 Å². The SMILES string of the molecule is CCS(=O)(=O)Oc1cccc(CN(CC(C)C)C(=O)Nc2ccc(OC)cc2)c1. The molecule has 0 aliphatic heterocycles. The molecule has 0 bridgehead atoms. The second-order valence-corrected chi connectivity index (χ2v) is 8.87. The van der Waals surface area contributed by atoms with Crippen molar-refractivity contribution in [2.75, 3.05) is 24.7 Å². The number of hydrogen-bond acceptors (Lipinski definition) is 5. The predicted molar refractivity (Wildman–Crippen MR) is 114 cm³/mol. The summed E-state index contributed by atoms with van der Waals surface area (Å²) in [5.41, 5.74) is 1.44. The predicted octanol–water partition coefficient (Wildman–Crippen LogP) is 4.11. The van der Waals surface area contributed by atoms with Gasteiger partial charge >= 0.3 is 16.1 Å². The maximum Gasteiger partial charge on any atom is 0.322 e. The quantitative estimate of drug-likeness (QED) is 0.617. The van der Waals surface area contributed by atoms with Crippen LogP contribution in [-0.2, 0) is 16.7 Å². The van der Waals surface area contributed by atoms with Crippen molar-refractivity contribution in [1.29, 1.82) is 0 Å². The van der Waals surface area contributed by atoms with E-state index in [1.807, 2.05) is 19.9 Å². The van der Waals surface area contributed by atoms with E-state index in [1.165, 1.54) is 6.92 Å². The molecule has 0 fully saturated rings. The summed E-state index contributed by atoms with van der Waals surface area (Å²) in [5.74, 6) is 1.10. The maximum absolute atomic E-state index is 12.8. The third-order valence-corrected chi connectivity index (χ3v) is 5.22. The van der Waals surface area contributed by atoms with E-state index in [0.717, 1.165) is 5.56 Å². The number of anilines is 1. The highest BCUT2D eigenvalue weighted by Crippen LogP contribution is 2.19. The van der Waals surface area contributed by atoms with Crippen molar-refractivity contribution >= 4 is 21.8 Å². The van der Waals surface area contributed by atoms with Crippen LogP contribution in [0.5, 0.6) is 11.5 Å². The molecular weight excluding hydrogens is 392 g/mol. The number of methoxy groups -OCH3 is 1. The number of nitrogens with zero attached hydrogens (tertiary/aromatic N) is 1. The van der Waals surface area contributed by atoms with Gasteiger partial charge in [-0.05, 0) is 54.8 Å². The summed E-state index contributed by atoms with van der Waals surface area (Å²) in [7, 11) is -2.02. The van der Waals surface area contributed by atoms with Crippen LogP contribution in [-0.4, -0.2) is 38.8 Å². The Kier molecular flexibility index (Phi) is 7.90. The molecule has 0 unspecified atom stereocenters. The summed E-state index contributed by atoms with van der Waals surface area (Å²) < 4.78 is 33.6. The van der Waals surface area contributed by atoms with Gasteiger partial charge in [0.25, 0.3) is 0 Å². The van der Waals surface area contributed by atoms with Crippen molar-refractivity contribution in [1.82, 2.24) is 4.90 Å². The first kappa shape index (κ1) is 22.5. The number of benzene rings is 2. The van der Waals surface area contributed by atoms with Gasteiger partial charge in [0.2, 0.25) is 0 Å². The molecule has 29 heavy (non-hydrogen) atoms. The van der Waals surface area contributed by atoms with Gasteiger partial charge in [0, 0.05) is 18.8 Å². The Morgan fingerprint density at radius 1 is 1.10 bits per heavy atom. The van der Waals surface area contributed by atoms with Crippen molar-refractivity contribution < 1.29 is 22.1 Å². The first-order chi connectivity index (χ1) is 13.7. The lowest BCUT2D eigenvalue weighted by Gasteiger charge is -2.25. The summed E-state index contributed by atoms with van der Waals surface area (Å²) in [6.07, 6.45) is 0. The molecule has 0 aliphatic rings. The molecule has 0 radical (unpaired) electrons. The third kappa shape index (κ3) is 7.30. The van der Waals surface area contributed by atoms with E-state index in [4.69, 9.17) is 8.92 Å². The number of amides is 2. The molecule has 0 spiro atoms. The standard InChI is InChI=1S/C21H28N2O5S/c1-5-29(25,26)28-20-8-6-7-17(13-20)15-23(14-16(2)3)21(24)22-18-9-11-19(27-4)12-10-18/h6-13,16H,5,14-15H2,1-4H3,(H,22,24). The Balaban J connectivity index is 2.14. The number of carbonyl (C=O) groups excluding carboxylic acids is 1. The smallest absolute Gasteiger partial charge is 0.322 e. The summed E-state index contributed by atoms with van der Waals surface area (Å²) in [5, 5.41) is 2.89. The lowest BCUT2D eigenvalue weighted by Crippen LogP contribution is -2.37. The van der Waals surface area contributed by atoms with Crippen LogP contribution in [0, 0.1) is 5.92 Å². The molecule has 1 N–H and O–H groups in total. The molecule has 2 aromatic rings. The first-order valence-electron chi connectivity index (χ1n) is 9.43. The molecule has 0 atom stereocenters. The van der Waals surface area contributed by atoms with Crippen molar-refractivity contribution in [3.63, 3.8) is 0 Å². The Bertz CT molecular complexity index is 911. The lowest BCUT2D eigenvalue weighted by atomic mass is 10.1. The number of nitrogens with one attached hydrogen (secondary N) is 1. The van der Waals surface area contributed by atoms with Gasteiger partial charge in [-0.25, -0.2) is 4.79 Å². The number of ether oxygens (including phenoxy) is 1. The molecule has 0 saturated carbocycles. The molecule has 0 heterocycles. The van der Waals surface area contributed by atoms with Crippen LogP contribution in [0.25, 0.3) is 0 Å².